The van der Waals surface area contributed by atoms with Crippen molar-refractivity contribution in [1.82, 2.24) is 0 Å². The first-order valence-corrected chi connectivity index (χ1v) is 2.43. The Morgan fingerprint density at radius 3 is 2.56 bits per heavy atom. The molecule has 1 heterocycles. The summed E-state index contributed by atoms with van der Waals surface area (Å²) >= 11 is 0. The Morgan fingerprint density at radius 2 is 2.22 bits per heavy atom. The largest absolute Gasteiger partial charge is 1.00 e. The van der Waals surface area contributed by atoms with Gasteiger partial charge in [-0.2, -0.15) is 0 Å². The molecule has 0 fully saturated rings. The molecule has 0 aromatic carbocycles. The number of aromatic nitrogens is 1. The van der Waals surface area contributed by atoms with E-state index in [2.05, 4.69) is 0 Å². The summed E-state index contributed by atoms with van der Waals surface area (Å²) in [6.45, 7) is 0. The van der Waals surface area contributed by atoms with Gasteiger partial charge in [-0.05, 0) is 6.07 Å². The number of hydrogen-bond donors (Lipinski definition) is 1. The van der Waals surface area contributed by atoms with Gasteiger partial charge in [0.1, 0.15) is 7.05 Å². The Balaban J connectivity index is 0.000000640. The molecule has 1 N–H and O–H groups in total. The van der Waals surface area contributed by atoms with Crippen LogP contribution in [0.15, 0.2) is 24.5 Å². The van der Waals surface area contributed by atoms with E-state index in [1.807, 2.05) is 13.2 Å². The summed E-state index contributed by atoms with van der Waals surface area (Å²) in [5, 5.41) is 8.79. The number of halogens is 1. The fourth-order valence-corrected chi connectivity index (χ4v) is 0.572. The predicted molar refractivity (Wildman–Crippen MR) is 29.3 cm³/mol. The lowest BCUT2D eigenvalue weighted by Gasteiger charge is -1.84. The number of rotatable bonds is 0. The van der Waals surface area contributed by atoms with Crippen LogP contribution in [0.5, 0.6) is 5.75 Å². The van der Waals surface area contributed by atoms with Gasteiger partial charge in [-0.25, -0.2) is 4.57 Å². The van der Waals surface area contributed by atoms with Gasteiger partial charge in [0.25, 0.3) is 0 Å². The zero-order valence-electron chi connectivity index (χ0n) is 5.08. The van der Waals surface area contributed by atoms with Crippen LogP contribution in [0, 0.1) is 0 Å². The highest BCUT2D eigenvalue weighted by atomic mass is 127. The van der Waals surface area contributed by atoms with Gasteiger partial charge in [0, 0.05) is 6.07 Å². The van der Waals surface area contributed by atoms with Crippen molar-refractivity contribution >= 4 is 0 Å². The fraction of sp³-hybridized carbons (Fsp3) is 0.167. The maximum atomic E-state index is 8.79. The van der Waals surface area contributed by atoms with Gasteiger partial charge in [-0.3, -0.25) is 0 Å². The molecule has 0 aliphatic heterocycles. The molecule has 0 saturated heterocycles. The van der Waals surface area contributed by atoms with E-state index in [0.29, 0.717) is 5.75 Å². The van der Waals surface area contributed by atoms with E-state index in [0.717, 1.165) is 0 Å². The summed E-state index contributed by atoms with van der Waals surface area (Å²) in [5.41, 5.74) is 0. The second-order valence-corrected chi connectivity index (χ2v) is 1.73. The molecule has 1 aromatic heterocycles. The molecular formula is C6H8INO. The van der Waals surface area contributed by atoms with Crippen LogP contribution in [0.3, 0.4) is 0 Å². The Morgan fingerprint density at radius 1 is 1.56 bits per heavy atom. The minimum absolute atomic E-state index is 0. The second-order valence-electron chi connectivity index (χ2n) is 1.73. The quantitative estimate of drug-likeness (QED) is 0.383. The molecule has 0 aliphatic carbocycles. The summed E-state index contributed by atoms with van der Waals surface area (Å²) < 4.78 is 1.79. The van der Waals surface area contributed by atoms with E-state index in [1.54, 1.807) is 22.9 Å². The SMILES string of the molecule is C[n+]1cccc(O)c1.[I-]. The molecule has 0 atom stereocenters. The van der Waals surface area contributed by atoms with Crippen molar-refractivity contribution in [2.24, 2.45) is 7.05 Å². The zero-order valence-corrected chi connectivity index (χ0v) is 7.24. The van der Waals surface area contributed by atoms with Crippen molar-refractivity contribution in [1.29, 1.82) is 0 Å². The number of pyridine rings is 1. The van der Waals surface area contributed by atoms with Crippen LogP contribution >= 0.6 is 0 Å². The van der Waals surface area contributed by atoms with Crippen molar-refractivity contribution in [3.05, 3.63) is 24.5 Å². The first-order chi connectivity index (χ1) is 3.79. The molecule has 0 spiro atoms. The van der Waals surface area contributed by atoms with Crippen LogP contribution in [0.25, 0.3) is 0 Å². The Hall–Kier alpha value is -0.320. The van der Waals surface area contributed by atoms with Crippen LogP contribution in [-0.4, -0.2) is 5.11 Å². The molecule has 1 aromatic rings. The molecule has 0 bridgehead atoms. The van der Waals surface area contributed by atoms with Crippen LogP contribution in [-0.2, 0) is 7.05 Å². The molecule has 0 amide bonds. The van der Waals surface area contributed by atoms with Crippen LogP contribution in [0.2, 0.25) is 0 Å². The molecule has 9 heavy (non-hydrogen) atoms. The number of aromatic hydroxyl groups is 1. The van der Waals surface area contributed by atoms with Crippen LogP contribution < -0.4 is 28.5 Å². The third kappa shape index (κ3) is 2.64. The third-order valence-electron chi connectivity index (χ3n) is 0.924. The van der Waals surface area contributed by atoms with Gasteiger partial charge in [-0.15, -0.1) is 0 Å². The lowest BCUT2D eigenvalue weighted by atomic mass is 10.5. The lowest BCUT2D eigenvalue weighted by Crippen LogP contribution is -3.00. The molecular weight excluding hydrogens is 229 g/mol. The van der Waals surface area contributed by atoms with E-state index in [9.17, 15) is 0 Å². The van der Waals surface area contributed by atoms with E-state index in [-0.39, 0.29) is 24.0 Å². The molecule has 2 nitrogen and oxygen atoms in total. The fourth-order valence-electron chi connectivity index (χ4n) is 0.572. The third-order valence-corrected chi connectivity index (χ3v) is 0.924. The van der Waals surface area contributed by atoms with E-state index >= 15 is 0 Å². The maximum Gasteiger partial charge on any atom is 0.210 e. The average Bonchev–Trinajstić information content (AvgIpc) is 1.64. The summed E-state index contributed by atoms with van der Waals surface area (Å²) in [4.78, 5) is 0. The average molecular weight is 237 g/mol. The van der Waals surface area contributed by atoms with Crippen molar-refractivity contribution < 1.29 is 33.7 Å². The molecule has 1 rings (SSSR count). The summed E-state index contributed by atoms with van der Waals surface area (Å²) in [6.07, 6.45) is 3.50. The molecule has 0 aliphatic rings. The van der Waals surface area contributed by atoms with Crippen molar-refractivity contribution in [2.45, 2.75) is 0 Å². The van der Waals surface area contributed by atoms with Gasteiger partial charge in [0.15, 0.2) is 11.9 Å². The second kappa shape index (κ2) is 3.66. The molecule has 50 valence electrons. The standard InChI is InChI=1S/C6H7NO.HI/c1-7-4-2-3-6(8)5-7;/h2-5H,1H3;1H. The highest BCUT2D eigenvalue weighted by molar-refractivity contribution is 5.09. The van der Waals surface area contributed by atoms with E-state index < -0.39 is 0 Å². The van der Waals surface area contributed by atoms with Crippen molar-refractivity contribution in [3.63, 3.8) is 0 Å². The minimum Gasteiger partial charge on any atom is -1.00 e. The first-order valence-electron chi connectivity index (χ1n) is 2.43. The molecule has 3 heteroatoms. The normalized spacial score (nSPS) is 8.11. The van der Waals surface area contributed by atoms with Crippen LogP contribution in [0.1, 0.15) is 0 Å². The Bertz CT molecular complexity index is 173. The number of nitrogens with zero attached hydrogens (tertiary/aromatic N) is 1. The molecule has 0 radical (unpaired) electrons. The van der Waals surface area contributed by atoms with Crippen molar-refractivity contribution in [2.75, 3.05) is 0 Å². The predicted octanol–water partition coefficient (Wildman–Crippen LogP) is -2.78. The highest BCUT2D eigenvalue weighted by Crippen LogP contribution is 1.98. The zero-order chi connectivity index (χ0) is 5.98. The van der Waals surface area contributed by atoms with Crippen LogP contribution in [0.4, 0.5) is 0 Å². The van der Waals surface area contributed by atoms with Gasteiger partial charge in [0.2, 0.25) is 6.20 Å². The van der Waals surface area contributed by atoms with Gasteiger partial charge >= 0.3 is 0 Å². The molecule has 0 unspecified atom stereocenters. The van der Waals surface area contributed by atoms with Crippen molar-refractivity contribution in [3.8, 4) is 5.75 Å². The van der Waals surface area contributed by atoms with E-state index in [4.69, 9.17) is 5.11 Å². The van der Waals surface area contributed by atoms with E-state index in [1.165, 1.54) is 0 Å². The summed E-state index contributed by atoms with van der Waals surface area (Å²) in [6, 6.07) is 3.43. The minimum atomic E-state index is 0. The van der Waals surface area contributed by atoms with Gasteiger partial charge in [0.05, 0.1) is 0 Å². The molecule has 0 saturated carbocycles. The maximum absolute atomic E-state index is 8.79. The lowest BCUT2D eigenvalue weighted by molar-refractivity contribution is -0.671. The first kappa shape index (κ1) is 8.68. The number of aryl methyl sites for hydroxylation is 1. The number of hydrogen-bond acceptors (Lipinski definition) is 1. The Kier molecular flexibility index (Phi) is 3.53. The smallest absolute Gasteiger partial charge is 0.210 e. The summed E-state index contributed by atoms with van der Waals surface area (Å²) in [7, 11) is 1.86. The summed E-state index contributed by atoms with van der Waals surface area (Å²) in [5.74, 6) is 0.301. The monoisotopic (exact) mass is 237 g/mol. The topological polar surface area (TPSA) is 24.1 Å². The Labute approximate surface area is 71.2 Å². The van der Waals surface area contributed by atoms with Gasteiger partial charge < -0.3 is 29.1 Å². The van der Waals surface area contributed by atoms with Gasteiger partial charge in [-0.1, -0.05) is 0 Å². The highest BCUT2D eigenvalue weighted by Gasteiger charge is 1.89.